The molecule has 0 bridgehead atoms. The Kier molecular flexibility index (Phi) is 11.5. The third-order valence-electron chi connectivity index (χ3n) is 6.01. The van der Waals surface area contributed by atoms with Gasteiger partial charge >= 0.3 is 0 Å². The molecule has 210 valence electrons. The second-order valence-corrected chi connectivity index (χ2v) is 13.1. The maximum Gasteiger partial charge on any atom is 0.243 e. The summed E-state index contributed by atoms with van der Waals surface area (Å²) in [5.41, 5.74) is 1.94. The Labute approximate surface area is 237 Å². The van der Waals surface area contributed by atoms with E-state index in [-0.39, 0.29) is 37.7 Å². The molecule has 0 radical (unpaired) electrons. The Balaban J connectivity index is 2.26. The number of carbonyl (C=O) groups excluding carboxylic acids is 2. The molecule has 0 aliphatic carbocycles. The third-order valence-corrected chi connectivity index (χ3v) is 7.94. The van der Waals surface area contributed by atoms with E-state index >= 15 is 0 Å². The van der Waals surface area contributed by atoms with Gasteiger partial charge < -0.3 is 10.2 Å². The first kappa shape index (κ1) is 31.9. The van der Waals surface area contributed by atoms with Crippen LogP contribution in [0.25, 0.3) is 0 Å². The average molecular weight is 585 g/mol. The third kappa shape index (κ3) is 9.47. The van der Waals surface area contributed by atoms with E-state index in [1.165, 1.54) is 4.31 Å². The SMILES string of the molecule is CCc1ccc(N(CCCC(=O)N(Cc2ccc(Cl)c(Cl)c2)[C@H](CC)C(=O)NC(C)(C)C)S(C)(=O)=O)cc1. The summed E-state index contributed by atoms with van der Waals surface area (Å²) in [4.78, 5) is 28.2. The Morgan fingerprint density at radius 2 is 1.58 bits per heavy atom. The van der Waals surface area contributed by atoms with Crippen LogP contribution in [-0.4, -0.2) is 49.5 Å². The number of hydrogen-bond donors (Lipinski definition) is 1. The molecule has 0 aliphatic heterocycles. The van der Waals surface area contributed by atoms with Crippen molar-refractivity contribution in [2.75, 3.05) is 17.1 Å². The molecule has 0 saturated carbocycles. The number of sulfonamides is 1. The van der Waals surface area contributed by atoms with Gasteiger partial charge in [0.2, 0.25) is 21.8 Å². The maximum absolute atomic E-state index is 13.5. The summed E-state index contributed by atoms with van der Waals surface area (Å²) in [5, 5.41) is 3.73. The molecule has 0 unspecified atom stereocenters. The molecule has 2 aromatic rings. The number of aryl methyl sites for hydroxylation is 1. The van der Waals surface area contributed by atoms with E-state index in [4.69, 9.17) is 23.2 Å². The molecule has 38 heavy (non-hydrogen) atoms. The Morgan fingerprint density at radius 3 is 2.08 bits per heavy atom. The lowest BCUT2D eigenvalue weighted by Gasteiger charge is -2.33. The minimum absolute atomic E-state index is 0.0691. The lowest BCUT2D eigenvalue weighted by molar-refractivity contribution is -0.142. The molecular formula is C28H39Cl2N3O4S. The van der Waals surface area contributed by atoms with Crippen LogP contribution in [0.2, 0.25) is 10.0 Å². The minimum atomic E-state index is -3.55. The zero-order chi connectivity index (χ0) is 28.7. The first-order valence-corrected chi connectivity index (χ1v) is 15.4. The molecule has 10 heteroatoms. The highest BCUT2D eigenvalue weighted by atomic mass is 35.5. The van der Waals surface area contributed by atoms with Crippen molar-refractivity contribution < 1.29 is 18.0 Å². The number of nitrogens with zero attached hydrogens (tertiary/aromatic N) is 2. The fraction of sp³-hybridized carbons (Fsp3) is 0.500. The fourth-order valence-corrected chi connectivity index (χ4v) is 5.40. The number of nitrogens with one attached hydrogen (secondary N) is 1. The zero-order valence-electron chi connectivity index (χ0n) is 23.1. The van der Waals surface area contributed by atoms with Crippen molar-refractivity contribution in [1.29, 1.82) is 0 Å². The van der Waals surface area contributed by atoms with Crippen LogP contribution in [-0.2, 0) is 32.6 Å². The van der Waals surface area contributed by atoms with Crippen molar-refractivity contribution in [3.8, 4) is 0 Å². The van der Waals surface area contributed by atoms with Gasteiger partial charge in [0.25, 0.3) is 0 Å². The van der Waals surface area contributed by atoms with Gasteiger partial charge in [-0.15, -0.1) is 0 Å². The summed E-state index contributed by atoms with van der Waals surface area (Å²) in [5.74, 6) is -0.496. The zero-order valence-corrected chi connectivity index (χ0v) is 25.4. The molecule has 0 aliphatic rings. The van der Waals surface area contributed by atoms with Crippen LogP contribution in [0.1, 0.15) is 65.0 Å². The van der Waals surface area contributed by atoms with E-state index in [0.717, 1.165) is 23.8 Å². The quantitative estimate of drug-likeness (QED) is 0.341. The number of carbonyl (C=O) groups is 2. The number of anilines is 1. The Hall–Kier alpha value is -2.29. The first-order valence-electron chi connectivity index (χ1n) is 12.8. The molecule has 0 saturated heterocycles. The number of amides is 2. The summed E-state index contributed by atoms with van der Waals surface area (Å²) in [7, 11) is -3.55. The molecule has 0 fully saturated rings. The molecular weight excluding hydrogens is 545 g/mol. The topological polar surface area (TPSA) is 86.8 Å². The van der Waals surface area contributed by atoms with Gasteiger partial charge in [-0.05, 0) is 75.4 Å². The average Bonchev–Trinajstić information content (AvgIpc) is 2.82. The summed E-state index contributed by atoms with van der Waals surface area (Å²) >= 11 is 12.3. The highest BCUT2D eigenvalue weighted by molar-refractivity contribution is 7.92. The fourth-order valence-electron chi connectivity index (χ4n) is 4.11. The Morgan fingerprint density at radius 1 is 0.974 bits per heavy atom. The van der Waals surface area contributed by atoms with E-state index in [0.29, 0.717) is 22.2 Å². The van der Waals surface area contributed by atoms with E-state index < -0.39 is 21.6 Å². The number of hydrogen-bond acceptors (Lipinski definition) is 4. The maximum atomic E-state index is 13.5. The van der Waals surface area contributed by atoms with Crippen molar-refractivity contribution >= 4 is 50.7 Å². The van der Waals surface area contributed by atoms with Crippen molar-refractivity contribution in [1.82, 2.24) is 10.2 Å². The van der Waals surface area contributed by atoms with Crippen molar-refractivity contribution in [2.24, 2.45) is 0 Å². The summed E-state index contributed by atoms with van der Waals surface area (Å²) in [6.45, 7) is 9.85. The lowest BCUT2D eigenvalue weighted by Crippen LogP contribution is -2.53. The molecule has 0 heterocycles. The van der Waals surface area contributed by atoms with Gasteiger partial charge in [0.05, 0.1) is 22.0 Å². The minimum Gasteiger partial charge on any atom is -0.350 e. The van der Waals surface area contributed by atoms with Crippen molar-refractivity contribution in [2.45, 2.75) is 78.4 Å². The second kappa shape index (κ2) is 13.7. The van der Waals surface area contributed by atoms with Crippen LogP contribution in [0.3, 0.4) is 0 Å². The number of rotatable bonds is 12. The van der Waals surface area contributed by atoms with E-state index in [9.17, 15) is 18.0 Å². The van der Waals surface area contributed by atoms with Crippen LogP contribution < -0.4 is 9.62 Å². The molecule has 2 amide bonds. The predicted molar refractivity (Wildman–Crippen MR) is 156 cm³/mol. The van der Waals surface area contributed by atoms with Gasteiger partial charge in [-0.2, -0.15) is 0 Å². The molecule has 7 nitrogen and oxygen atoms in total. The van der Waals surface area contributed by atoms with E-state index in [1.807, 2.05) is 46.8 Å². The Bertz CT molecular complexity index is 1210. The largest absolute Gasteiger partial charge is 0.350 e. The van der Waals surface area contributed by atoms with Crippen LogP contribution in [0, 0.1) is 0 Å². The number of benzene rings is 2. The normalized spacial score (nSPS) is 12.6. The predicted octanol–water partition coefficient (Wildman–Crippen LogP) is 5.82. The molecule has 0 aromatic heterocycles. The molecule has 1 N–H and O–H groups in total. The molecule has 1 atom stereocenters. The van der Waals surface area contributed by atoms with Gasteiger partial charge in [-0.25, -0.2) is 8.42 Å². The first-order chi connectivity index (χ1) is 17.7. The standard InChI is InChI=1S/C28H39Cl2N3O4S/c1-7-20-11-14-22(15-12-20)33(38(6,36)37)17-9-10-26(34)32(19-21-13-16-23(29)24(30)18-21)25(8-2)27(35)31-28(3,4)5/h11-16,18,25H,7-10,17,19H2,1-6H3,(H,31,35)/t25-/m1/s1. The second-order valence-electron chi connectivity index (χ2n) is 10.4. The molecule has 2 rings (SSSR count). The van der Waals surface area contributed by atoms with Crippen LogP contribution in [0.15, 0.2) is 42.5 Å². The van der Waals surface area contributed by atoms with Gasteiger partial charge in [0, 0.05) is 25.0 Å². The summed E-state index contributed by atoms with van der Waals surface area (Å²) in [6, 6.07) is 11.8. The monoisotopic (exact) mass is 583 g/mol. The van der Waals surface area contributed by atoms with E-state index in [2.05, 4.69) is 5.32 Å². The molecule has 0 spiro atoms. The van der Waals surface area contributed by atoms with Crippen molar-refractivity contribution in [3.05, 3.63) is 63.6 Å². The summed E-state index contributed by atoms with van der Waals surface area (Å²) in [6.07, 6.45) is 2.78. The van der Waals surface area contributed by atoms with Crippen LogP contribution in [0.5, 0.6) is 0 Å². The molecule has 2 aromatic carbocycles. The lowest BCUT2D eigenvalue weighted by atomic mass is 10.0. The summed E-state index contributed by atoms with van der Waals surface area (Å²) < 4.78 is 26.4. The van der Waals surface area contributed by atoms with Crippen molar-refractivity contribution in [3.63, 3.8) is 0 Å². The van der Waals surface area contributed by atoms with E-state index in [1.54, 1.807) is 35.2 Å². The highest BCUT2D eigenvalue weighted by Crippen LogP contribution is 2.25. The van der Waals surface area contributed by atoms with Gasteiger partial charge in [-0.3, -0.25) is 13.9 Å². The van der Waals surface area contributed by atoms with Gasteiger partial charge in [-0.1, -0.05) is 55.2 Å². The van der Waals surface area contributed by atoms with Crippen LogP contribution in [0.4, 0.5) is 5.69 Å². The smallest absolute Gasteiger partial charge is 0.243 e. The van der Waals surface area contributed by atoms with Crippen LogP contribution >= 0.6 is 23.2 Å². The van der Waals surface area contributed by atoms with Gasteiger partial charge in [0.15, 0.2) is 0 Å². The highest BCUT2D eigenvalue weighted by Gasteiger charge is 2.31. The van der Waals surface area contributed by atoms with Gasteiger partial charge in [0.1, 0.15) is 6.04 Å². The number of halogens is 2.